The first-order valence-electron chi connectivity index (χ1n) is 8.85. The van der Waals surface area contributed by atoms with Crippen molar-refractivity contribution in [1.29, 1.82) is 0 Å². The van der Waals surface area contributed by atoms with Crippen LogP contribution in [0.4, 0.5) is 0 Å². The van der Waals surface area contributed by atoms with E-state index in [1.807, 2.05) is 54.3 Å². The third kappa shape index (κ3) is 2.99. The second kappa shape index (κ2) is 6.72. The van der Waals surface area contributed by atoms with Gasteiger partial charge in [0, 0.05) is 16.7 Å². The topological polar surface area (TPSA) is 92.1 Å². The molecule has 2 amide bonds. The zero-order chi connectivity index (χ0) is 19.0. The number of aromatic amines is 1. The zero-order valence-corrected chi connectivity index (χ0v) is 15.0. The molecule has 0 bridgehead atoms. The highest BCUT2D eigenvalue weighted by Crippen LogP contribution is 2.33. The molecule has 6 nitrogen and oxygen atoms in total. The fourth-order valence-electron chi connectivity index (χ4n) is 3.58. The number of nitrogens with one attached hydrogen (secondary N) is 1. The maximum absolute atomic E-state index is 13.0. The number of amides is 2. The van der Waals surface area contributed by atoms with Crippen LogP contribution in [0.3, 0.4) is 0 Å². The Kier molecular flexibility index (Phi) is 4.24. The first-order chi connectivity index (χ1) is 13.1. The van der Waals surface area contributed by atoms with Crippen molar-refractivity contribution in [2.24, 2.45) is 5.73 Å². The molecule has 1 aliphatic rings. The van der Waals surface area contributed by atoms with Gasteiger partial charge in [0.25, 0.3) is 0 Å². The van der Waals surface area contributed by atoms with Crippen LogP contribution < -0.4 is 5.73 Å². The van der Waals surface area contributed by atoms with E-state index >= 15 is 0 Å². The van der Waals surface area contributed by atoms with E-state index in [0.29, 0.717) is 29.9 Å². The molecule has 4 rings (SSSR count). The Bertz CT molecular complexity index is 1010. The molecule has 2 aromatic carbocycles. The zero-order valence-electron chi connectivity index (χ0n) is 15.0. The molecule has 27 heavy (non-hydrogen) atoms. The maximum Gasteiger partial charge on any atom is 0.249 e. The van der Waals surface area contributed by atoms with E-state index in [9.17, 15) is 9.59 Å². The largest absolute Gasteiger partial charge is 0.366 e. The number of nitrogens with two attached hydrogens (primary N) is 1. The van der Waals surface area contributed by atoms with E-state index in [2.05, 4.69) is 10.2 Å². The van der Waals surface area contributed by atoms with E-state index in [4.69, 9.17) is 5.73 Å². The van der Waals surface area contributed by atoms with Crippen LogP contribution in [0.25, 0.3) is 11.3 Å². The highest BCUT2D eigenvalue weighted by atomic mass is 16.2. The molecule has 1 aromatic heterocycles. The summed E-state index contributed by atoms with van der Waals surface area (Å²) in [4.78, 5) is 26.5. The van der Waals surface area contributed by atoms with Gasteiger partial charge in [-0.1, -0.05) is 48.5 Å². The molecule has 2 heterocycles. The van der Waals surface area contributed by atoms with Gasteiger partial charge in [-0.2, -0.15) is 5.10 Å². The van der Waals surface area contributed by atoms with E-state index < -0.39 is 5.91 Å². The number of aromatic nitrogens is 2. The maximum atomic E-state index is 13.0. The quantitative estimate of drug-likeness (QED) is 0.749. The van der Waals surface area contributed by atoms with E-state index in [-0.39, 0.29) is 11.8 Å². The van der Waals surface area contributed by atoms with Gasteiger partial charge in [-0.05, 0) is 18.6 Å². The molecule has 136 valence electrons. The lowest BCUT2D eigenvalue weighted by Gasteiger charge is -2.21. The third-order valence-electron chi connectivity index (χ3n) is 5.08. The van der Waals surface area contributed by atoms with Crippen molar-refractivity contribution in [1.82, 2.24) is 15.1 Å². The third-order valence-corrected chi connectivity index (χ3v) is 5.08. The van der Waals surface area contributed by atoms with Gasteiger partial charge in [-0.25, -0.2) is 0 Å². The van der Waals surface area contributed by atoms with Gasteiger partial charge in [0.1, 0.15) is 0 Å². The van der Waals surface area contributed by atoms with E-state index in [0.717, 1.165) is 16.8 Å². The van der Waals surface area contributed by atoms with Gasteiger partial charge in [-0.15, -0.1) is 0 Å². The molecule has 0 saturated heterocycles. The van der Waals surface area contributed by atoms with Crippen LogP contribution in [-0.2, 0) is 17.9 Å². The average molecular weight is 360 g/mol. The highest BCUT2D eigenvalue weighted by Gasteiger charge is 2.32. The van der Waals surface area contributed by atoms with Crippen LogP contribution in [0, 0.1) is 0 Å². The predicted molar refractivity (Wildman–Crippen MR) is 102 cm³/mol. The molecule has 0 fully saturated rings. The number of nitrogens with zero attached hydrogens (tertiary/aromatic N) is 2. The highest BCUT2D eigenvalue weighted by molar-refractivity contribution is 5.99. The monoisotopic (exact) mass is 360 g/mol. The van der Waals surface area contributed by atoms with Gasteiger partial charge >= 0.3 is 0 Å². The summed E-state index contributed by atoms with van der Waals surface area (Å²) in [6.45, 7) is 2.87. The first-order valence-corrected chi connectivity index (χ1v) is 8.85. The van der Waals surface area contributed by atoms with Crippen molar-refractivity contribution in [2.75, 3.05) is 0 Å². The minimum atomic E-state index is -0.494. The van der Waals surface area contributed by atoms with Crippen molar-refractivity contribution < 1.29 is 9.59 Å². The molecule has 1 aliphatic heterocycles. The summed E-state index contributed by atoms with van der Waals surface area (Å²) in [7, 11) is 0. The number of fused-ring (bicyclic) bond motifs is 1. The second-order valence-electron chi connectivity index (χ2n) is 6.77. The molecule has 0 unspecified atom stereocenters. The fourth-order valence-corrected chi connectivity index (χ4v) is 3.58. The SMILES string of the molecule is C[C@@H](C(=O)N1Cc2[nH]nc(-c3ccccc3C(N)=O)c2C1)c1ccccc1. The molecular weight excluding hydrogens is 340 g/mol. The molecule has 0 spiro atoms. The van der Waals surface area contributed by atoms with Crippen LogP contribution in [0.1, 0.15) is 40.0 Å². The van der Waals surface area contributed by atoms with Gasteiger partial charge in [0.2, 0.25) is 11.8 Å². The molecule has 0 aliphatic carbocycles. The lowest BCUT2D eigenvalue weighted by atomic mass is 9.99. The van der Waals surface area contributed by atoms with Crippen LogP contribution in [0.5, 0.6) is 0 Å². The van der Waals surface area contributed by atoms with Crippen LogP contribution in [-0.4, -0.2) is 26.9 Å². The normalized spacial score (nSPS) is 14.0. The van der Waals surface area contributed by atoms with E-state index in [1.54, 1.807) is 12.1 Å². The van der Waals surface area contributed by atoms with Crippen molar-refractivity contribution in [3.8, 4) is 11.3 Å². The molecule has 6 heteroatoms. The van der Waals surface area contributed by atoms with Gasteiger partial charge in [0.05, 0.1) is 30.4 Å². The Morgan fingerprint density at radius 3 is 2.52 bits per heavy atom. The van der Waals surface area contributed by atoms with Crippen molar-refractivity contribution >= 4 is 11.8 Å². The van der Waals surface area contributed by atoms with Crippen molar-refractivity contribution in [2.45, 2.75) is 25.9 Å². The number of rotatable bonds is 4. The van der Waals surface area contributed by atoms with Gasteiger partial charge in [0.15, 0.2) is 0 Å². The number of carbonyl (C=O) groups is 2. The average Bonchev–Trinajstić information content (AvgIpc) is 3.28. The number of carbonyl (C=O) groups excluding carboxylic acids is 2. The molecular formula is C21H20N4O2. The summed E-state index contributed by atoms with van der Waals surface area (Å²) in [5.74, 6) is -0.643. The number of hydrogen-bond donors (Lipinski definition) is 2. The van der Waals surface area contributed by atoms with Gasteiger partial charge in [-0.3, -0.25) is 14.7 Å². The molecule has 3 aromatic rings. The number of H-pyrrole nitrogens is 1. The summed E-state index contributed by atoms with van der Waals surface area (Å²) in [6.07, 6.45) is 0. The van der Waals surface area contributed by atoms with Crippen LogP contribution in [0.2, 0.25) is 0 Å². The fraction of sp³-hybridized carbons (Fsp3) is 0.190. The van der Waals surface area contributed by atoms with Crippen molar-refractivity contribution in [3.63, 3.8) is 0 Å². The minimum Gasteiger partial charge on any atom is -0.366 e. The Hall–Kier alpha value is -3.41. The Labute approximate surface area is 157 Å². The Balaban J connectivity index is 1.61. The lowest BCUT2D eigenvalue weighted by Crippen LogP contribution is -2.30. The molecule has 0 radical (unpaired) electrons. The Morgan fingerprint density at radius 1 is 1.07 bits per heavy atom. The molecule has 0 saturated carbocycles. The minimum absolute atomic E-state index is 0.0694. The number of hydrogen-bond acceptors (Lipinski definition) is 3. The number of benzene rings is 2. The predicted octanol–water partition coefficient (Wildman–Crippen LogP) is 2.82. The summed E-state index contributed by atoms with van der Waals surface area (Å²) in [6, 6.07) is 16.9. The summed E-state index contributed by atoms with van der Waals surface area (Å²) < 4.78 is 0. The van der Waals surface area contributed by atoms with Crippen molar-refractivity contribution in [3.05, 3.63) is 77.0 Å². The molecule has 3 N–H and O–H groups in total. The second-order valence-corrected chi connectivity index (χ2v) is 6.77. The molecule has 1 atom stereocenters. The van der Waals surface area contributed by atoms with Crippen LogP contribution >= 0.6 is 0 Å². The Morgan fingerprint density at radius 2 is 1.78 bits per heavy atom. The van der Waals surface area contributed by atoms with Crippen LogP contribution in [0.15, 0.2) is 54.6 Å². The summed E-state index contributed by atoms with van der Waals surface area (Å²) in [5, 5.41) is 7.40. The summed E-state index contributed by atoms with van der Waals surface area (Å²) >= 11 is 0. The van der Waals surface area contributed by atoms with E-state index in [1.165, 1.54) is 0 Å². The lowest BCUT2D eigenvalue weighted by molar-refractivity contribution is -0.133. The number of primary amides is 1. The summed E-state index contributed by atoms with van der Waals surface area (Å²) in [5.41, 5.74) is 10.1. The smallest absolute Gasteiger partial charge is 0.249 e. The van der Waals surface area contributed by atoms with Gasteiger partial charge < -0.3 is 10.6 Å². The first kappa shape index (κ1) is 17.0. The standard InChI is InChI=1S/C21H20N4O2/c1-13(14-7-3-2-4-8-14)21(27)25-11-17-18(12-25)23-24-19(17)15-9-5-6-10-16(15)20(22)26/h2-10,13H,11-12H2,1H3,(H2,22,26)(H,23,24)/t13-/m1/s1.